The predicted molar refractivity (Wildman–Crippen MR) is 134 cm³/mol. The van der Waals surface area contributed by atoms with Crippen LogP contribution in [0.1, 0.15) is 41.1 Å². The number of benzene rings is 3. The molecule has 0 atom stereocenters. The summed E-state index contributed by atoms with van der Waals surface area (Å²) in [5, 5.41) is 1.30. The summed E-state index contributed by atoms with van der Waals surface area (Å²) < 4.78 is 30.2. The zero-order chi connectivity index (χ0) is 23.0. The van der Waals surface area contributed by atoms with Gasteiger partial charge in [0.2, 0.25) is 10.0 Å². The molecule has 0 spiro atoms. The number of rotatable bonds is 5. The molecule has 0 saturated carbocycles. The van der Waals surface area contributed by atoms with Crippen molar-refractivity contribution >= 4 is 20.9 Å². The Morgan fingerprint density at radius 3 is 2.18 bits per heavy atom. The van der Waals surface area contributed by atoms with E-state index in [0.29, 0.717) is 23.9 Å². The van der Waals surface area contributed by atoms with E-state index in [2.05, 4.69) is 66.9 Å². The average molecular weight is 459 g/mol. The van der Waals surface area contributed by atoms with Gasteiger partial charge in [-0.1, -0.05) is 60.7 Å². The van der Waals surface area contributed by atoms with Gasteiger partial charge in [0.05, 0.1) is 4.90 Å². The number of sulfonamides is 1. The fourth-order valence-electron chi connectivity index (χ4n) is 5.26. The number of para-hydroxylation sites is 1. The van der Waals surface area contributed by atoms with Gasteiger partial charge >= 0.3 is 0 Å². The van der Waals surface area contributed by atoms with Crippen LogP contribution in [0, 0.1) is 13.8 Å². The summed E-state index contributed by atoms with van der Waals surface area (Å²) in [6, 6.07) is 26.0. The summed E-state index contributed by atoms with van der Waals surface area (Å²) >= 11 is 0. The van der Waals surface area contributed by atoms with Crippen LogP contribution in [0.4, 0.5) is 0 Å². The van der Waals surface area contributed by atoms with E-state index in [1.54, 1.807) is 28.6 Å². The quantitative estimate of drug-likeness (QED) is 0.375. The monoisotopic (exact) mass is 458 g/mol. The van der Waals surface area contributed by atoms with Crippen molar-refractivity contribution in [3.05, 3.63) is 101 Å². The lowest BCUT2D eigenvalue weighted by Crippen LogP contribution is -2.38. The molecule has 3 aromatic carbocycles. The van der Waals surface area contributed by atoms with E-state index in [1.807, 2.05) is 6.07 Å². The molecule has 1 saturated heterocycles. The number of nitrogens with zero attached hydrogens (tertiary/aromatic N) is 2. The smallest absolute Gasteiger partial charge is 0.243 e. The van der Waals surface area contributed by atoms with Crippen molar-refractivity contribution in [1.82, 2.24) is 8.87 Å². The largest absolute Gasteiger partial charge is 0.340 e. The third-order valence-electron chi connectivity index (χ3n) is 7.11. The minimum atomic E-state index is -3.43. The van der Waals surface area contributed by atoms with Crippen molar-refractivity contribution in [3.8, 4) is 0 Å². The Morgan fingerprint density at radius 1 is 0.818 bits per heavy atom. The lowest BCUT2D eigenvalue weighted by molar-refractivity contribution is 0.319. The van der Waals surface area contributed by atoms with Gasteiger partial charge in [-0.3, -0.25) is 0 Å². The van der Waals surface area contributed by atoms with Crippen molar-refractivity contribution in [1.29, 1.82) is 0 Å². The molecule has 4 nitrogen and oxygen atoms in total. The highest BCUT2D eigenvalue weighted by Crippen LogP contribution is 2.38. The summed E-state index contributed by atoms with van der Waals surface area (Å²) in [7, 11) is -3.43. The molecule has 1 aromatic heterocycles. The van der Waals surface area contributed by atoms with Crippen molar-refractivity contribution in [3.63, 3.8) is 0 Å². The molecule has 1 aliphatic heterocycles. The maximum atomic E-state index is 13.1. The van der Waals surface area contributed by atoms with Gasteiger partial charge in [0.1, 0.15) is 0 Å². The summed E-state index contributed by atoms with van der Waals surface area (Å²) in [6.45, 7) is 6.35. The van der Waals surface area contributed by atoms with Gasteiger partial charge < -0.3 is 4.57 Å². The predicted octanol–water partition coefficient (Wildman–Crippen LogP) is 5.87. The third-order valence-corrected chi connectivity index (χ3v) is 9.03. The van der Waals surface area contributed by atoms with Crippen LogP contribution < -0.4 is 0 Å². The van der Waals surface area contributed by atoms with Crippen LogP contribution in [0.5, 0.6) is 0 Å². The lowest BCUT2D eigenvalue weighted by Gasteiger charge is -2.31. The van der Waals surface area contributed by atoms with Crippen LogP contribution in [-0.2, 0) is 16.6 Å². The maximum absolute atomic E-state index is 13.1. The van der Waals surface area contributed by atoms with Gasteiger partial charge in [0, 0.05) is 36.2 Å². The number of fused-ring (bicyclic) bond motifs is 1. The van der Waals surface area contributed by atoms with Gasteiger partial charge in [0.15, 0.2) is 0 Å². The molecule has 4 aromatic rings. The third kappa shape index (κ3) is 4.00. The Morgan fingerprint density at radius 2 is 1.45 bits per heavy atom. The van der Waals surface area contributed by atoms with E-state index >= 15 is 0 Å². The van der Waals surface area contributed by atoms with Crippen molar-refractivity contribution in [2.45, 2.75) is 44.0 Å². The molecule has 170 valence electrons. The van der Waals surface area contributed by atoms with Crippen LogP contribution in [0.3, 0.4) is 0 Å². The van der Waals surface area contributed by atoms with E-state index in [4.69, 9.17) is 0 Å². The Balaban J connectivity index is 1.44. The molecule has 5 rings (SSSR count). The van der Waals surface area contributed by atoms with Gasteiger partial charge in [-0.15, -0.1) is 0 Å². The minimum Gasteiger partial charge on any atom is -0.340 e. The molecular weight excluding hydrogens is 428 g/mol. The number of hydrogen-bond donors (Lipinski definition) is 0. The Hall–Kier alpha value is -2.89. The van der Waals surface area contributed by atoms with Crippen LogP contribution in [0.2, 0.25) is 0 Å². The zero-order valence-corrected chi connectivity index (χ0v) is 20.1. The maximum Gasteiger partial charge on any atom is 0.243 e. The highest BCUT2D eigenvalue weighted by Gasteiger charge is 2.32. The van der Waals surface area contributed by atoms with Gasteiger partial charge in [-0.2, -0.15) is 4.31 Å². The van der Waals surface area contributed by atoms with Crippen molar-refractivity contribution in [2.24, 2.45) is 0 Å². The molecule has 1 fully saturated rings. The second kappa shape index (κ2) is 8.81. The minimum absolute atomic E-state index is 0.357. The zero-order valence-electron chi connectivity index (χ0n) is 19.2. The van der Waals surface area contributed by atoms with Crippen LogP contribution in [0.25, 0.3) is 10.9 Å². The summed E-state index contributed by atoms with van der Waals surface area (Å²) in [5.41, 5.74) is 6.57. The topological polar surface area (TPSA) is 42.3 Å². The number of aromatic nitrogens is 1. The molecule has 0 amide bonds. The highest BCUT2D eigenvalue weighted by atomic mass is 32.2. The number of aryl methyl sites for hydroxylation is 1. The molecule has 0 unspecified atom stereocenters. The average Bonchev–Trinajstić information content (AvgIpc) is 3.12. The molecule has 2 heterocycles. The Bertz CT molecular complexity index is 1380. The van der Waals surface area contributed by atoms with E-state index in [9.17, 15) is 8.42 Å². The summed E-state index contributed by atoms with van der Waals surface area (Å²) in [6.07, 6.45) is 1.68. The van der Waals surface area contributed by atoms with Crippen LogP contribution >= 0.6 is 0 Å². The first-order valence-electron chi connectivity index (χ1n) is 11.6. The molecular formula is C28H30N2O2S. The lowest BCUT2D eigenvalue weighted by atomic mass is 9.88. The Labute approximate surface area is 196 Å². The molecule has 0 radical (unpaired) electrons. The molecule has 1 aliphatic rings. The van der Waals surface area contributed by atoms with Crippen LogP contribution in [0.15, 0.2) is 83.8 Å². The van der Waals surface area contributed by atoms with E-state index in [0.717, 1.165) is 19.4 Å². The van der Waals surface area contributed by atoms with Gasteiger partial charge in [-0.05, 0) is 67.5 Å². The van der Waals surface area contributed by atoms with Crippen molar-refractivity contribution < 1.29 is 8.42 Å². The highest BCUT2D eigenvalue weighted by molar-refractivity contribution is 7.89. The fourth-order valence-corrected chi connectivity index (χ4v) is 6.75. The first-order valence-corrected chi connectivity index (χ1v) is 13.1. The molecule has 0 bridgehead atoms. The van der Waals surface area contributed by atoms with E-state index < -0.39 is 10.0 Å². The van der Waals surface area contributed by atoms with E-state index in [1.165, 1.54) is 33.3 Å². The summed E-state index contributed by atoms with van der Waals surface area (Å²) in [4.78, 5) is 0.384. The molecule has 5 heteroatoms. The standard InChI is InChI=1S/C28H30N2O2S/c1-21-10-6-7-11-24(21)20-30-22(2)28(26-14-8-9-15-27(26)30)23-16-18-29(19-17-23)33(31,32)25-12-4-3-5-13-25/h3-15,23H,16-20H2,1-2H3. The fraction of sp³-hybridized carbons (Fsp3) is 0.286. The van der Waals surface area contributed by atoms with E-state index in [-0.39, 0.29) is 0 Å². The summed E-state index contributed by atoms with van der Waals surface area (Å²) in [5.74, 6) is 0.357. The Kier molecular flexibility index (Phi) is 5.85. The van der Waals surface area contributed by atoms with Gasteiger partial charge in [-0.25, -0.2) is 8.42 Å². The SMILES string of the molecule is Cc1ccccc1Cn1c(C)c(C2CCN(S(=O)(=O)c3ccccc3)CC2)c2ccccc21. The first kappa shape index (κ1) is 21.9. The van der Waals surface area contributed by atoms with Gasteiger partial charge in [0.25, 0.3) is 0 Å². The molecule has 33 heavy (non-hydrogen) atoms. The molecule has 0 N–H and O–H groups in total. The van der Waals surface area contributed by atoms with Crippen molar-refractivity contribution in [2.75, 3.05) is 13.1 Å². The normalized spacial score (nSPS) is 15.8. The number of hydrogen-bond acceptors (Lipinski definition) is 2. The number of piperidine rings is 1. The van der Waals surface area contributed by atoms with Crippen LogP contribution in [-0.4, -0.2) is 30.4 Å². The first-order chi connectivity index (χ1) is 16.0. The molecule has 0 aliphatic carbocycles. The second-order valence-electron chi connectivity index (χ2n) is 9.02. The second-order valence-corrected chi connectivity index (χ2v) is 11.0.